The van der Waals surface area contributed by atoms with E-state index in [1.807, 2.05) is 13.0 Å². The van der Waals surface area contributed by atoms with Crippen molar-refractivity contribution >= 4 is 0 Å². The zero-order valence-corrected chi connectivity index (χ0v) is 12.0. The molecule has 0 aromatic heterocycles. The van der Waals surface area contributed by atoms with Gasteiger partial charge in [-0.2, -0.15) is 0 Å². The number of aliphatic hydroxyl groups is 1. The maximum atomic E-state index is 9.60. The van der Waals surface area contributed by atoms with Crippen molar-refractivity contribution < 1.29 is 9.84 Å². The van der Waals surface area contributed by atoms with Gasteiger partial charge in [0.2, 0.25) is 0 Å². The Morgan fingerprint density at radius 1 is 1.47 bits per heavy atom. The van der Waals surface area contributed by atoms with Crippen LogP contribution in [-0.2, 0) is 6.42 Å². The largest absolute Gasteiger partial charge is 0.497 e. The summed E-state index contributed by atoms with van der Waals surface area (Å²) in [7, 11) is 1.71. The molecule has 106 valence electrons. The van der Waals surface area contributed by atoms with Gasteiger partial charge in [-0.25, -0.2) is 0 Å². The average Bonchev–Trinajstić information content (AvgIpc) is 2.46. The molecule has 0 aliphatic heterocycles. The fourth-order valence-corrected chi connectivity index (χ4v) is 2.74. The fourth-order valence-electron chi connectivity index (χ4n) is 2.74. The monoisotopic (exact) mass is 263 g/mol. The van der Waals surface area contributed by atoms with Crippen LogP contribution in [-0.4, -0.2) is 24.9 Å². The Hall–Kier alpha value is -1.06. The lowest BCUT2D eigenvalue weighted by atomic mass is 9.87. The van der Waals surface area contributed by atoms with E-state index in [4.69, 9.17) is 4.74 Å². The molecule has 0 saturated heterocycles. The maximum absolute atomic E-state index is 9.60. The highest BCUT2D eigenvalue weighted by Gasteiger charge is 2.20. The number of hydrogen-bond acceptors (Lipinski definition) is 3. The van der Waals surface area contributed by atoms with Crippen molar-refractivity contribution in [2.75, 3.05) is 13.7 Å². The van der Waals surface area contributed by atoms with Crippen LogP contribution >= 0.6 is 0 Å². The molecule has 19 heavy (non-hydrogen) atoms. The average molecular weight is 263 g/mol. The molecule has 0 amide bonds. The fraction of sp³-hybridized carbons (Fsp3) is 0.625. The van der Waals surface area contributed by atoms with Gasteiger partial charge in [0.25, 0.3) is 0 Å². The van der Waals surface area contributed by atoms with Crippen molar-refractivity contribution in [1.82, 2.24) is 5.32 Å². The normalized spacial score (nSPS) is 19.8. The van der Waals surface area contributed by atoms with Gasteiger partial charge in [0.1, 0.15) is 5.75 Å². The van der Waals surface area contributed by atoms with E-state index >= 15 is 0 Å². The second-order valence-corrected chi connectivity index (χ2v) is 5.31. The van der Waals surface area contributed by atoms with Gasteiger partial charge in [-0.05, 0) is 61.9 Å². The minimum absolute atomic E-state index is 0.180. The minimum atomic E-state index is -0.180. The van der Waals surface area contributed by atoms with Gasteiger partial charge in [-0.15, -0.1) is 0 Å². The number of hydrogen-bond donors (Lipinski definition) is 2. The predicted octanol–water partition coefficient (Wildman–Crippen LogP) is 2.82. The Balaban J connectivity index is 2.00. The number of fused-ring (bicyclic) bond motifs is 1. The summed E-state index contributed by atoms with van der Waals surface area (Å²) >= 11 is 0. The molecule has 1 aromatic rings. The first-order valence-corrected chi connectivity index (χ1v) is 7.32. The second-order valence-electron chi connectivity index (χ2n) is 5.31. The van der Waals surface area contributed by atoms with Gasteiger partial charge in [-0.3, -0.25) is 0 Å². The molecule has 0 spiro atoms. The van der Waals surface area contributed by atoms with E-state index in [1.54, 1.807) is 7.11 Å². The van der Waals surface area contributed by atoms with Crippen molar-refractivity contribution in [1.29, 1.82) is 0 Å². The number of benzene rings is 1. The van der Waals surface area contributed by atoms with Crippen LogP contribution < -0.4 is 10.1 Å². The van der Waals surface area contributed by atoms with Crippen molar-refractivity contribution in [2.24, 2.45) is 0 Å². The number of aryl methyl sites for hydroxylation is 1. The SMILES string of the molecule is CCC(O)CCNC1CCCc2ccc(OC)cc21. The summed E-state index contributed by atoms with van der Waals surface area (Å²) in [6.07, 6.45) is 5.04. The molecule has 0 saturated carbocycles. The van der Waals surface area contributed by atoms with Crippen LogP contribution in [0.3, 0.4) is 0 Å². The summed E-state index contributed by atoms with van der Waals surface area (Å²) in [4.78, 5) is 0. The third-order valence-electron chi connectivity index (χ3n) is 4.01. The highest BCUT2D eigenvalue weighted by molar-refractivity contribution is 5.39. The molecular formula is C16H25NO2. The summed E-state index contributed by atoms with van der Waals surface area (Å²) in [6, 6.07) is 6.79. The molecule has 3 nitrogen and oxygen atoms in total. The van der Waals surface area contributed by atoms with Crippen LogP contribution in [0.5, 0.6) is 5.75 Å². The molecule has 2 unspecified atom stereocenters. The third-order valence-corrected chi connectivity index (χ3v) is 4.01. The Labute approximate surface area is 116 Å². The van der Waals surface area contributed by atoms with Crippen LogP contribution in [0, 0.1) is 0 Å². The number of methoxy groups -OCH3 is 1. The quantitative estimate of drug-likeness (QED) is 0.829. The summed E-state index contributed by atoms with van der Waals surface area (Å²) in [5, 5.41) is 13.2. The Morgan fingerprint density at radius 3 is 3.05 bits per heavy atom. The highest BCUT2D eigenvalue weighted by atomic mass is 16.5. The van der Waals surface area contributed by atoms with Gasteiger partial charge in [0.15, 0.2) is 0 Å². The van der Waals surface area contributed by atoms with Crippen LogP contribution in [0.25, 0.3) is 0 Å². The molecule has 2 atom stereocenters. The van der Waals surface area contributed by atoms with E-state index in [-0.39, 0.29) is 6.10 Å². The van der Waals surface area contributed by atoms with Crippen LogP contribution in [0.2, 0.25) is 0 Å². The smallest absolute Gasteiger partial charge is 0.119 e. The molecule has 0 heterocycles. The minimum Gasteiger partial charge on any atom is -0.497 e. The Kier molecular flexibility index (Phi) is 5.23. The number of nitrogens with one attached hydrogen (secondary N) is 1. The highest BCUT2D eigenvalue weighted by Crippen LogP contribution is 2.32. The van der Waals surface area contributed by atoms with Crippen LogP contribution in [0.4, 0.5) is 0 Å². The van der Waals surface area contributed by atoms with E-state index in [2.05, 4.69) is 17.4 Å². The molecule has 1 aromatic carbocycles. The van der Waals surface area contributed by atoms with Crippen molar-refractivity contribution in [2.45, 2.75) is 51.2 Å². The summed E-state index contributed by atoms with van der Waals surface area (Å²) in [6.45, 7) is 2.89. The first kappa shape index (κ1) is 14.4. The van der Waals surface area contributed by atoms with Gasteiger partial charge >= 0.3 is 0 Å². The molecule has 1 aliphatic rings. The predicted molar refractivity (Wildman–Crippen MR) is 77.6 cm³/mol. The molecule has 2 N–H and O–H groups in total. The zero-order chi connectivity index (χ0) is 13.7. The Morgan fingerprint density at radius 2 is 2.32 bits per heavy atom. The summed E-state index contributed by atoms with van der Waals surface area (Å²) in [5.74, 6) is 0.932. The second kappa shape index (κ2) is 6.92. The number of rotatable bonds is 6. The van der Waals surface area contributed by atoms with Crippen LogP contribution in [0.1, 0.15) is 49.8 Å². The van der Waals surface area contributed by atoms with E-state index < -0.39 is 0 Å². The van der Waals surface area contributed by atoms with Crippen molar-refractivity contribution in [3.05, 3.63) is 29.3 Å². The third kappa shape index (κ3) is 3.71. The summed E-state index contributed by atoms with van der Waals surface area (Å²) < 4.78 is 5.32. The standard InChI is InChI=1S/C16H25NO2/c1-3-13(18)9-10-17-16-6-4-5-12-7-8-14(19-2)11-15(12)16/h7-8,11,13,16-18H,3-6,9-10H2,1-2H3. The van der Waals surface area contributed by atoms with Crippen molar-refractivity contribution in [3.63, 3.8) is 0 Å². The topological polar surface area (TPSA) is 41.5 Å². The lowest BCUT2D eigenvalue weighted by Gasteiger charge is -2.27. The van der Waals surface area contributed by atoms with E-state index in [9.17, 15) is 5.11 Å². The van der Waals surface area contributed by atoms with E-state index in [0.717, 1.165) is 31.6 Å². The van der Waals surface area contributed by atoms with Gasteiger partial charge in [0.05, 0.1) is 13.2 Å². The van der Waals surface area contributed by atoms with Crippen molar-refractivity contribution in [3.8, 4) is 5.75 Å². The molecule has 0 radical (unpaired) electrons. The maximum Gasteiger partial charge on any atom is 0.119 e. The molecule has 1 aliphatic carbocycles. The molecule has 0 bridgehead atoms. The lowest BCUT2D eigenvalue weighted by molar-refractivity contribution is 0.158. The molecular weight excluding hydrogens is 238 g/mol. The summed E-state index contributed by atoms with van der Waals surface area (Å²) in [5.41, 5.74) is 2.80. The van der Waals surface area contributed by atoms with E-state index in [1.165, 1.54) is 24.0 Å². The zero-order valence-electron chi connectivity index (χ0n) is 12.0. The number of ether oxygens (including phenoxy) is 1. The lowest BCUT2D eigenvalue weighted by Crippen LogP contribution is -2.28. The first-order valence-electron chi connectivity index (χ1n) is 7.32. The molecule has 0 fully saturated rings. The molecule has 3 heteroatoms. The first-order chi connectivity index (χ1) is 9.24. The van der Waals surface area contributed by atoms with Gasteiger partial charge in [-0.1, -0.05) is 13.0 Å². The number of aliphatic hydroxyl groups excluding tert-OH is 1. The molecule has 2 rings (SSSR count). The van der Waals surface area contributed by atoms with Gasteiger partial charge < -0.3 is 15.2 Å². The van der Waals surface area contributed by atoms with Crippen LogP contribution in [0.15, 0.2) is 18.2 Å². The van der Waals surface area contributed by atoms with E-state index in [0.29, 0.717) is 6.04 Å². The van der Waals surface area contributed by atoms with Gasteiger partial charge in [0, 0.05) is 6.04 Å². The Bertz CT molecular complexity index is 406.